The van der Waals surface area contributed by atoms with E-state index in [0.29, 0.717) is 0 Å². The van der Waals surface area contributed by atoms with Crippen LogP contribution in [0.1, 0.15) is 90.5 Å². The van der Waals surface area contributed by atoms with E-state index < -0.39 is 18.3 Å². The molecule has 3 rings (SSSR count). The zero-order valence-electron chi connectivity index (χ0n) is 19.2. The summed E-state index contributed by atoms with van der Waals surface area (Å²) in [5.74, 6) is 0. The van der Waals surface area contributed by atoms with Gasteiger partial charge in [-0.3, -0.25) is 0 Å². The normalized spacial score (nSPS) is 24.9. The number of aliphatic hydroxyl groups excluding tert-OH is 1. The molecule has 1 aliphatic carbocycles. The number of aryl methyl sites for hydroxylation is 1. The predicted molar refractivity (Wildman–Crippen MR) is 118 cm³/mol. The van der Waals surface area contributed by atoms with Gasteiger partial charge in [0.05, 0.1) is 17.8 Å². The lowest BCUT2D eigenvalue weighted by Gasteiger charge is -2.42. The van der Waals surface area contributed by atoms with Crippen molar-refractivity contribution in [1.82, 2.24) is 0 Å². The van der Waals surface area contributed by atoms with Crippen LogP contribution < -0.4 is 0 Å². The van der Waals surface area contributed by atoms with Crippen LogP contribution in [0.25, 0.3) is 6.08 Å². The molecule has 2 aliphatic rings. The van der Waals surface area contributed by atoms with Gasteiger partial charge in [0.2, 0.25) is 0 Å². The zero-order valence-corrected chi connectivity index (χ0v) is 19.2. The van der Waals surface area contributed by atoms with E-state index in [-0.39, 0.29) is 17.4 Å². The van der Waals surface area contributed by atoms with Gasteiger partial charge in [0.25, 0.3) is 0 Å². The van der Waals surface area contributed by atoms with Crippen LogP contribution in [0, 0.1) is 6.92 Å². The maximum absolute atomic E-state index is 10.1. The molecule has 1 N–H and O–H groups in total. The Labute approximate surface area is 171 Å². The van der Waals surface area contributed by atoms with Gasteiger partial charge in [-0.2, -0.15) is 0 Å². The van der Waals surface area contributed by atoms with E-state index in [1.54, 1.807) is 0 Å². The third-order valence-corrected chi connectivity index (χ3v) is 7.32. The molecule has 0 unspecified atom stereocenters. The van der Waals surface area contributed by atoms with E-state index in [1.165, 1.54) is 29.5 Å². The van der Waals surface area contributed by atoms with E-state index in [2.05, 4.69) is 52.8 Å². The smallest absolute Gasteiger partial charge is 0.400 e. The van der Waals surface area contributed by atoms with Crippen molar-refractivity contribution in [2.75, 3.05) is 6.61 Å². The quantitative estimate of drug-likeness (QED) is 0.714. The first-order valence-corrected chi connectivity index (χ1v) is 10.5. The molecule has 0 bridgehead atoms. The molecular weight excluding hydrogens is 347 g/mol. The molecule has 1 fully saturated rings. The van der Waals surface area contributed by atoms with Gasteiger partial charge < -0.3 is 14.4 Å². The minimum absolute atomic E-state index is 0.0811. The lowest BCUT2D eigenvalue weighted by molar-refractivity contribution is 0.00578. The van der Waals surface area contributed by atoms with Crippen molar-refractivity contribution in [3.05, 3.63) is 39.9 Å². The highest BCUT2D eigenvalue weighted by Crippen LogP contribution is 2.47. The van der Waals surface area contributed by atoms with E-state index in [0.717, 1.165) is 11.0 Å². The molecular formula is C24H37BO3. The van der Waals surface area contributed by atoms with Crippen LogP contribution >= 0.6 is 0 Å². The molecule has 154 valence electrons. The van der Waals surface area contributed by atoms with Crippen molar-refractivity contribution in [1.29, 1.82) is 0 Å². The van der Waals surface area contributed by atoms with Crippen LogP contribution in [0.15, 0.2) is 17.6 Å². The molecule has 0 spiro atoms. The Kier molecular flexibility index (Phi) is 5.18. The first-order valence-electron chi connectivity index (χ1n) is 10.5. The first kappa shape index (κ1) is 21.6. The Morgan fingerprint density at radius 1 is 0.929 bits per heavy atom. The number of benzene rings is 1. The Hall–Kier alpha value is -1.10. The third-order valence-electron chi connectivity index (χ3n) is 7.32. The lowest BCUT2D eigenvalue weighted by Crippen LogP contribution is -2.41. The highest BCUT2D eigenvalue weighted by Gasteiger charge is 2.52. The lowest BCUT2D eigenvalue weighted by atomic mass is 9.62. The van der Waals surface area contributed by atoms with Gasteiger partial charge in [0.1, 0.15) is 0 Å². The molecule has 0 atom stereocenters. The van der Waals surface area contributed by atoms with E-state index in [9.17, 15) is 5.11 Å². The van der Waals surface area contributed by atoms with Crippen LogP contribution in [-0.2, 0) is 20.1 Å². The molecule has 0 saturated carbocycles. The van der Waals surface area contributed by atoms with Crippen LogP contribution in [0.3, 0.4) is 0 Å². The standard InChI is InChI=1S/C24H37BO3/c1-16-12-19-20(22(4,5)11-10-21(19,2)3)14-17(16)13-18(15-26)25-27-23(6,7)24(8,9)28-25/h12-14,26H,10-11,15H2,1-9H3. The van der Waals surface area contributed by atoms with Gasteiger partial charge in [0.15, 0.2) is 0 Å². The summed E-state index contributed by atoms with van der Waals surface area (Å²) >= 11 is 0. The Bertz CT molecular complexity index is 786. The summed E-state index contributed by atoms with van der Waals surface area (Å²) in [4.78, 5) is 0. The number of hydrogen-bond acceptors (Lipinski definition) is 3. The van der Waals surface area contributed by atoms with Crippen molar-refractivity contribution in [3.63, 3.8) is 0 Å². The number of fused-ring (bicyclic) bond motifs is 1. The molecule has 28 heavy (non-hydrogen) atoms. The summed E-state index contributed by atoms with van der Waals surface area (Å²) in [5, 5.41) is 10.1. The number of rotatable bonds is 3. The molecule has 1 saturated heterocycles. The van der Waals surface area contributed by atoms with Crippen molar-refractivity contribution in [3.8, 4) is 0 Å². The summed E-state index contributed by atoms with van der Waals surface area (Å²) in [5.41, 5.74) is 5.55. The molecule has 0 aromatic heterocycles. The summed E-state index contributed by atoms with van der Waals surface area (Å²) in [6.07, 6.45) is 4.45. The first-order chi connectivity index (χ1) is 12.7. The van der Waals surface area contributed by atoms with E-state index in [4.69, 9.17) is 9.31 Å². The summed E-state index contributed by atoms with van der Waals surface area (Å²) in [6, 6.07) is 4.67. The fourth-order valence-electron chi connectivity index (χ4n) is 4.28. The van der Waals surface area contributed by atoms with Crippen LogP contribution in [-0.4, -0.2) is 30.0 Å². The third kappa shape index (κ3) is 3.60. The van der Waals surface area contributed by atoms with Crippen LogP contribution in [0.2, 0.25) is 0 Å². The Morgan fingerprint density at radius 3 is 1.86 bits per heavy atom. The van der Waals surface area contributed by atoms with Gasteiger partial charge in [-0.1, -0.05) is 45.9 Å². The molecule has 3 nitrogen and oxygen atoms in total. The SMILES string of the molecule is Cc1cc2c(cc1C=C(CO)B1OC(C)(C)C(C)(C)O1)C(C)(C)CCC2(C)C. The average molecular weight is 384 g/mol. The minimum atomic E-state index is -0.519. The summed E-state index contributed by atoms with van der Waals surface area (Å²) < 4.78 is 12.3. The Morgan fingerprint density at radius 2 is 1.39 bits per heavy atom. The van der Waals surface area contributed by atoms with Crippen molar-refractivity contribution in [2.45, 2.75) is 97.2 Å². The molecule has 1 aromatic carbocycles. The maximum Gasteiger partial charge on any atom is 0.492 e. The largest absolute Gasteiger partial charge is 0.492 e. The van der Waals surface area contributed by atoms with Crippen LogP contribution in [0.4, 0.5) is 0 Å². The molecule has 1 heterocycles. The molecule has 0 amide bonds. The average Bonchev–Trinajstić information content (AvgIpc) is 2.78. The van der Waals surface area contributed by atoms with Gasteiger partial charge >= 0.3 is 7.12 Å². The minimum Gasteiger partial charge on any atom is -0.400 e. The number of hydrogen-bond donors (Lipinski definition) is 1. The fourth-order valence-corrected chi connectivity index (χ4v) is 4.28. The monoisotopic (exact) mass is 384 g/mol. The highest BCUT2D eigenvalue weighted by atomic mass is 16.7. The second-order valence-electron chi connectivity index (χ2n) is 11.0. The van der Waals surface area contributed by atoms with E-state index >= 15 is 0 Å². The van der Waals surface area contributed by atoms with Crippen molar-refractivity contribution in [2.24, 2.45) is 0 Å². The Balaban J connectivity index is 2.04. The zero-order chi connectivity index (χ0) is 21.1. The van der Waals surface area contributed by atoms with E-state index in [1.807, 2.05) is 27.7 Å². The van der Waals surface area contributed by atoms with Crippen LogP contribution in [0.5, 0.6) is 0 Å². The van der Waals surface area contributed by atoms with Gasteiger partial charge in [-0.05, 0) is 86.0 Å². The molecule has 4 heteroatoms. The molecule has 1 aliphatic heterocycles. The topological polar surface area (TPSA) is 38.7 Å². The van der Waals surface area contributed by atoms with Crippen molar-refractivity contribution < 1.29 is 14.4 Å². The fraction of sp³-hybridized carbons (Fsp3) is 0.667. The highest BCUT2D eigenvalue weighted by molar-refractivity contribution is 6.55. The van der Waals surface area contributed by atoms with Gasteiger partial charge in [-0.25, -0.2) is 0 Å². The maximum atomic E-state index is 10.1. The summed E-state index contributed by atoms with van der Waals surface area (Å²) in [6.45, 7) is 19.6. The molecule has 1 aromatic rings. The predicted octanol–water partition coefficient (Wildman–Crippen LogP) is 5.35. The van der Waals surface area contributed by atoms with Gasteiger partial charge in [0, 0.05) is 0 Å². The molecule has 0 radical (unpaired) electrons. The summed E-state index contributed by atoms with van der Waals surface area (Å²) in [7, 11) is -0.519. The second kappa shape index (κ2) is 6.72. The number of aliphatic hydroxyl groups is 1. The van der Waals surface area contributed by atoms with Gasteiger partial charge in [-0.15, -0.1) is 0 Å². The van der Waals surface area contributed by atoms with Crippen molar-refractivity contribution >= 4 is 13.2 Å². The second-order valence-corrected chi connectivity index (χ2v) is 11.0.